The minimum atomic E-state index is 0.469. The Morgan fingerprint density at radius 2 is 2.13 bits per heavy atom. The fraction of sp³-hybridized carbons (Fsp3) is 0.538. The zero-order valence-electron chi connectivity index (χ0n) is 9.46. The van der Waals surface area contributed by atoms with Crippen molar-refractivity contribution in [3.05, 3.63) is 33.8 Å². The van der Waals surface area contributed by atoms with Crippen LogP contribution in [0.15, 0.2) is 22.7 Å². The molecule has 0 N–H and O–H groups in total. The topological polar surface area (TPSA) is 12.5 Å². The van der Waals surface area contributed by atoms with E-state index in [9.17, 15) is 0 Å². The first-order valence-corrected chi connectivity index (χ1v) is 6.28. The van der Waals surface area contributed by atoms with Gasteiger partial charge in [-0.3, -0.25) is 0 Å². The van der Waals surface area contributed by atoms with Gasteiger partial charge in [-0.05, 0) is 43.4 Å². The van der Waals surface area contributed by atoms with Crippen LogP contribution in [0.5, 0.6) is 0 Å². The third-order valence-electron chi connectivity index (χ3n) is 3.11. The summed E-state index contributed by atoms with van der Waals surface area (Å²) >= 11 is 3.63. The van der Waals surface area contributed by atoms with E-state index in [1.165, 1.54) is 15.6 Å². The van der Waals surface area contributed by atoms with Gasteiger partial charge in [0.15, 0.2) is 0 Å². The number of aryl methyl sites for hydroxylation is 1. The zero-order valence-corrected chi connectivity index (χ0v) is 11.0. The van der Waals surface area contributed by atoms with Gasteiger partial charge in [-0.15, -0.1) is 0 Å². The summed E-state index contributed by atoms with van der Waals surface area (Å²) in [6.07, 6.45) is 2.08. The lowest BCUT2D eigenvalue weighted by molar-refractivity contribution is 0.362. The minimum Gasteiger partial charge on any atom is -0.370 e. The second-order valence-electron chi connectivity index (χ2n) is 4.54. The maximum Gasteiger partial charge on any atom is 0.0844 e. The SMILES string of the molecule is Cc1ccc(C(C)CC2OC2C)c(Br)c1. The summed E-state index contributed by atoms with van der Waals surface area (Å²) in [5.41, 5.74) is 2.69. The Morgan fingerprint density at radius 1 is 1.47 bits per heavy atom. The van der Waals surface area contributed by atoms with Gasteiger partial charge in [-0.1, -0.05) is 35.0 Å². The van der Waals surface area contributed by atoms with Gasteiger partial charge in [-0.2, -0.15) is 0 Å². The average Bonchev–Trinajstić information content (AvgIpc) is 2.81. The molecule has 3 atom stereocenters. The Morgan fingerprint density at radius 3 is 2.67 bits per heavy atom. The van der Waals surface area contributed by atoms with Crippen molar-refractivity contribution in [2.45, 2.75) is 45.3 Å². The molecular weight excluding hydrogens is 252 g/mol. The number of hydrogen-bond acceptors (Lipinski definition) is 1. The Hall–Kier alpha value is -0.340. The first-order chi connectivity index (χ1) is 7.08. The van der Waals surface area contributed by atoms with Crippen LogP contribution in [0.4, 0.5) is 0 Å². The Labute approximate surface area is 100.0 Å². The van der Waals surface area contributed by atoms with Crippen molar-refractivity contribution in [2.75, 3.05) is 0 Å². The third-order valence-corrected chi connectivity index (χ3v) is 3.80. The van der Waals surface area contributed by atoms with Crippen LogP contribution in [0.2, 0.25) is 0 Å². The highest BCUT2D eigenvalue weighted by atomic mass is 79.9. The van der Waals surface area contributed by atoms with Crippen molar-refractivity contribution in [3.8, 4) is 0 Å². The smallest absolute Gasteiger partial charge is 0.0844 e. The van der Waals surface area contributed by atoms with Crippen molar-refractivity contribution >= 4 is 15.9 Å². The van der Waals surface area contributed by atoms with E-state index in [1.807, 2.05) is 0 Å². The number of rotatable bonds is 3. The van der Waals surface area contributed by atoms with Crippen LogP contribution >= 0.6 is 15.9 Å². The standard InChI is InChI=1S/C13H17BrO/c1-8-4-5-11(12(14)6-8)9(2)7-13-10(3)15-13/h4-6,9-10,13H,7H2,1-3H3. The van der Waals surface area contributed by atoms with Gasteiger partial charge in [0, 0.05) is 4.47 Å². The summed E-state index contributed by atoms with van der Waals surface area (Å²) in [6.45, 7) is 6.52. The van der Waals surface area contributed by atoms with E-state index in [4.69, 9.17) is 4.74 Å². The van der Waals surface area contributed by atoms with Crippen LogP contribution in [0, 0.1) is 6.92 Å². The van der Waals surface area contributed by atoms with E-state index < -0.39 is 0 Å². The van der Waals surface area contributed by atoms with Crippen molar-refractivity contribution in [2.24, 2.45) is 0 Å². The van der Waals surface area contributed by atoms with E-state index in [2.05, 4.69) is 54.9 Å². The largest absolute Gasteiger partial charge is 0.370 e. The van der Waals surface area contributed by atoms with E-state index in [0.29, 0.717) is 18.1 Å². The minimum absolute atomic E-state index is 0.469. The lowest BCUT2D eigenvalue weighted by Gasteiger charge is -2.13. The summed E-state index contributed by atoms with van der Waals surface area (Å²) in [5, 5.41) is 0. The van der Waals surface area contributed by atoms with Crippen LogP contribution in [-0.4, -0.2) is 12.2 Å². The second kappa shape index (κ2) is 4.26. The first kappa shape index (κ1) is 11.2. The Bertz CT molecular complexity index is 362. The lowest BCUT2D eigenvalue weighted by Crippen LogP contribution is -2.01. The molecule has 15 heavy (non-hydrogen) atoms. The van der Waals surface area contributed by atoms with Crippen molar-refractivity contribution in [1.82, 2.24) is 0 Å². The van der Waals surface area contributed by atoms with Crippen LogP contribution in [0.1, 0.15) is 37.3 Å². The van der Waals surface area contributed by atoms with Crippen molar-refractivity contribution in [1.29, 1.82) is 0 Å². The van der Waals surface area contributed by atoms with E-state index in [-0.39, 0.29) is 0 Å². The van der Waals surface area contributed by atoms with Gasteiger partial charge in [-0.25, -0.2) is 0 Å². The molecule has 0 bridgehead atoms. The molecule has 1 aliphatic heterocycles. The molecule has 2 rings (SSSR count). The summed E-state index contributed by atoms with van der Waals surface area (Å²) in [5.74, 6) is 0.565. The Kier molecular flexibility index (Phi) is 3.17. The van der Waals surface area contributed by atoms with Gasteiger partial charge in [0.05, 0.1) is 12.2 Å². The van der Waals surface area contributed by atoms with Crippen LogP contribution < -0.4 is 0 Å². The molecule has 1 aliphatic rings. The van der Waals surface area contributed by atoms with Crippen LogP contribution in [-0.2, 0) is 4.74 Å². The predicted molar refractivity (Wildman–Crippen MR) is 66.2 cm³/mol. The fourth-order valence-electron chi connectivity index (χ4n) is 1.98. The summed E-state index contributed by atoms with van der Waals surface area (Å²) in [7, 11) is 0. The normalized spacial score (nSPS) is 26.4. The quantitative estimate of drug-likeness (QED) is 0.754. The molecule has 0 aliphatic carbocycles. The van der Waals surface area contributed by atoms with Gasteiger partial charge >= 0.3 is 0 Å². The predicted octanol–water partition coefficient (Wildman–Crippen LogP) is 4.04. The second-order valence-corrected chi connectivity index (χ2v) is 5.40. The zero-order chi connectivity index (χ0) is 11.0. The molecule has 1 nitrogen and oxygen atoms in total. The van der Waals surface area contributed by atoms with E-state index in [0.717, 1.165) is 6.42 Å². The van der Waals surface area contributed by atoms with Gasteiger partial charge in [0.25, 0.3) is 0 Å². The molecule has 1 heterocycles. The van der Waals surface area contributed by atoms with Gasteiger partial charge < -0.3 is 4.74 Å². The highest BCUT2D eigenvalue weighted by molar-refractivity contribution is 9.10. The molecule has 2 heteroatoms. The summed E-state index contributed by atoms with van der Waals surface area (Å²) in [4.78, 5) is 0. The molecule has 1 aromatic rings. The van der Waals surface area contributed by atoms with E-state index >= 15 is 0 Å². The lowest BCUT2D eigenvalue weighted by atomic mass is 9.95. The fourth-order valence-corrected chi connectivity index (χ4v) is 2.87. The number of ether oxygens (including phenoxy) is 1. The number of benzene rings is 1. The highest BCUT2D eigenvalue weighted by Crippen LogP contribution is 2.35. The molecule has 0 amide bonds. The summed E-state index contributed by atoms with van der Waals surface area (Å²) < 4.78 is 6.68. The molecular formula is C13H17BrO. The molecule has 0 radical (unpaired) electrons. The van der Waals surface area contributed by atoms with Crippen LogP contribution in [0.25, 0.3) is 0 Å². The number of hydrogen-bond donors (Lipinski definition) is 0. The molecule has 1 fully saturated rings. The molecule has 0 spiro atoms. The molecule has 3 unspecified atom stereocenters. The number of halogens is 1. The van der Waals surface area contributed by atoms with E-state index in [1.54, 1.807) is 0 Å². The van der Waals surface area contributed by atoms with Gasteiger partial charge in [0.2, 0.25) is 0 Å². The molecule has 82 valence electrons. The average molecular weight is 269 g/mol. The molecule has 0 saturated carbocycles. The number of epoxide rings is 1. The maximum absolute atomic E-state index is 5.46. The van der Waals surface area contributed by atoms with Crippen molar-refractivity contribution < 1.29 is 4.74 Å². The van der Waals surface area contributed by atoms with Crippen molar-refractivity contribution in [3.63, 3.8) is 0 Å². The monoisotopic (exact) mass is 268 g/mol. The van der Waals surface area contributed by atoms with Gasteiger partial charge in [0.1, 0.15) is 0 Å². The first-order valence-electron chi connectivity index (χ1n) is 5.49. The third kappa shape index (κ3) is 2.61. The maximum atomic E-state index is 5.46. The highest BCUT2D eigenvalue weighted by Gasteiger charge is 2.35. The summed E-state index contributed by atoms with van der Waals surface area (Å²) in [6, 6.07) is 6.58. The molecule has 0 aromatic heterocycles. The molecule has 1 aromatic carbocycles. The Balaban J connectivity index is 2.07. The van der Waals surface area contributed by atoms with Crippen LogP contribution in [0.3, 0.4) is 0 Å². The molecule has 1 saturated heterocycles.